The number of methoxy groups -OCH3 is 1. The number of esters is 1. The number of hydrogen-bond acceptors (Lipinski definition) is 4. The van der Waals surface area contributed by atoms with Crippen molar-refractivity contribution < 1.29 is 19.1 Å². The van der Waals surface area contributed by atoms with Gasteiger partial charge in [-0.15, -0.1) is 0 Å². The zero-order valence-electron chi connectivity index (χ0n) is 12.2. The van der Waals surface area contributed by atoms with Gasteiger partial charge in [0.15, 0.2) is 0 Å². The third-order valence-electron chi connectivity index (χ3n) is 3.15. The van der Waals surface area contributed by atoms with E-state index in [-0.39, 0.29) is 12.4 Å². The van der Waals surface area contributed by atoms with E-state index in [1.807, 2.05) is 24.3 Å². The third-order valence-corrected chi connectivity index (χ3v) is 3.15. The second-order valence-electron chi connectivity index (χ2n) is 4.71. The van der Waals surface area contributed by atoms with Crippen LogP contribution >= 0.6 is 0 Å². The van der Waals surface area contributed by atoms with Crippen LogP contribution < -0.4 is 15.2 Å². The lowest BCUT2D eigenvalue weighted by molar-refractivity contribution is -0.134. The highest BCUT2D eigenvalue weighted by molar-refractivity contribution is 5.92. The molecule has 0 aliphatic carbocycles. The van der Waals surface area contributed by atoms with Crippen LogP contribution in [0.4, 0.5) is 0 Å². The number of hydrogen-bond donors (Lipinski definition) is 1. The lowest BCUT2D eigenvalue weighted by atomic mass is 10.1. The SMILES string of the molecule is COc1ccc(CCC(=O)Oc2ccc(C(N)=O)cc2)cc1. The van der Waals surface area contributed by atoms with Crippen LogP contribution in [-0.4, -0.2) is 19.0 Å². The topological polar surface area (TPSA) is 78.6 Å². The molecule has 2 aromatic carbocycles. The van der Waals surface area contributed by atoms with Gasteiger partial charge >= 0.3 is 5.97 Å². The first-order valence-electron chi connectivity index (χ1n) is 6.82. The standard InChI is InChI=1S/C17H17NO4/c1-21-14-7-2-12(3-8-14)4-11-16(19)22-15-9-5-13(6-10-15)17(18)20/h2-3,5-10H,4,11H2,1H3,(H2,18,20). The molecule has 0 heterocycles. The van der Waals surface area contributed by atoms with E-state index in [9.17, 15) is 9.59 Å². The van der Waals surface area contributed by atoms with Crippen molar-refractivity contribution in [2.24, 2.45) is 5.73 Å². The Morgan fingerprint density at radius 2 is 1.55 bits per heavy atom. The molecule has 2 rings (SSSR count). The van der Waals surface area contributed by atoms with Crippen LogP contribution in [0.15, 0.2) is 48.5 Å². The molecular weight excluding hydrogens is 282 g/mol. The zero-order chi connectivity index (χ0) is 15.9. The van der Waals surface area contributed by atoms with Gasteiger partial charge in [0.2, 0.25) is 5.91 Å². The van der Waals surface area contributed by atoms with Crippen molar-refractivity contribution in [3.63, 3.8) is 0 Å². The van der Waals surface area contributed by atoms with Crippen LogP contribution in [0, 0.1) is 0 Å². The van der Waals surface area contributed by atoms with Crippen LogP contribution in [0.25, 0.3) is 0 Å². The number of nitrogens with two attached hydrogens (primary N) is 1. The number of carbonyl (C=O) groups excluding carboxylic acids is 2. The number of aryl methyl sites for hydroxylation is 1. The lowest BCUT2D eigenvalue weighted by Gasteiger charge is -2.06. The Labute approximate surface area is 128 Å². The summed E-state index contributed by atoms with van der Waals surface area (Å²) in [6, 6.07) is 13.7. The molecule has 0 spiro atoms. The van der Waals surface area contributed by atoms with Gasteiger partial charge in [0.25, 0.3) is 0 Å². The smallest absolute Gasteiger partial charge is 0.311 e. The van der Waals surface area contributed by atoms with E-state index in [0.29, 0.717) is 17.7 Å². The highest BCUT2D eigenvalue weighted by atomic mass is 16.5. The summed E-state index contributed by atoms with van der Waals surface area (Å²) in [5.74, 6) is 0.325. The van der Waals surface area contributed by atoms with Gasteiger partial charge < -0.3 is 15.2 Å². The lowest BCUT2D eigenvalue weighted by Crippen LogP contribution is -2.11. The first-order chi connectivity index (χ1) is 10.6. The summed E-state index contributed by atoms with van der Waals surface area (Å²) in [4.78, 5) is 22.7. The Morgan fingerprint density at radius 3 is 2.09 bits per heavy atom. The molecule has 0 saturated heterocycles. The number of amides is 1. The minimum Gasteiger partial charge on any atom is -0.497 e. The molecule has 0 bridgehead atoms. The maximum atomic E-state index is 11.8. The number of rotatable bonds is 6. The molecule has 0 fully saturated rings. The molecule has 22 heavy (non-hydrogen) atoms. The van der Waals surface area contributed by atoms with Gasteiger partial charge in [0.05, 0.1) is 7.11 Å². The van der Waals surface area contributed by atoms with Crippen LogP contribution in [0.5, 0.6) is 11.5 Å². The van der Waals surface area contributed by atoms with Gasteiger partial charge in [-0.1, -0.05) is 12.1 Å². The molecule has 0 atom stereocenters. The molecule has 0 aliphatic rings. The molecule has 0 aliphatic heterocycles. The van der Waals surface area contributed by atoms with Crippen molar-refractivity contribution in [1.82, 2.24) is 0 Å². The van der Waals surface area contributed by atoms with E-state index in [1.54, 1.807) is 19.2 Å². The third kappa shape index (κ3) is 4.34. The monoisotopic (exact) mass is 299 g/mol. The summed E-state index contributed by atoms with van der Waals surface area (Å²) in [7, 11) is 1.61. The molecule has 0 aromatic heterocycles. The average Bonchev–Trinajstić information content (AvgIpc) is 2.54. The van der Waals surface area contributed by atoms with E-state index in [2.05, 4.69) is 0 Å². The van der Waals surface area contributed by atoms with Crippen molar-refractivity contribution in [2.75, 3.05) is 7.11 Å². The second kappa shape index (κ2) is 7.26. The fourth-order valence-electron chi connectivity index (χ4n) is 1.91. The van der Waals surface area contributed by atoms with Crippen LogP contribution in [0.1, 0.15) is 22.3 Å². The Morgan fingerprint density at radius 1 is 0.955 bits per heavy atom. The van der Waals surface area contributed by atoms with Crippen molar-refractivity contribution >= 4 is 11.9 Å². The summed E-state index contributed by atoms with van der Waals surface area (Å²) in [5.41, 5.74) is 6.54. The number of primary amides is 1. The van der Waals surface area contributed by atoms with Crippen LogP contribution in [-0.2, 0) is 11.2 Å². The minimum absolute atomic E-state index is 0.268. The summed E-state index contributed by atoms with van der Waals surface area (Å²) >= 11 is 0. The largest absolute Gasteiger partial charge is 0.497 e. The fraction of sp³-hybridized carbons (Fsp3) is 0.176. The van der Waals surface area contributed by atoms with Crippen molar-refractivity contribution in [2.45, 2.75) is 12.8 Å². The summed E-state index contributed by atoms with van der Waals surface area (Å²) < 4.78 is 10.3. The molecule has 0 radical (unpaired) electrons. The van der Waals surface area contributed by atoms with Gasteiger partial charge in [0.1, 0.15) is 11.5 Å². The minimum atomic E-state index is -0.516. The molecule has 2 aromatic rings. The highest BCUT2D eigenvalue weighted by Gasteiger charge is 2.07. The first-order valence-corrected chi connectivity index (χ1v) is 6.82. The van der Waals surface area contributed by atoms with E-state index < -0.39 is 5.91 Å². The number of benzene rings is 2. The van der Waals surface area contributed by atoms with E-state index in [1.165, 1.54) is 12.1 Å². The number of ether oxygens (including phenoxy) is 2. The van der Waals surface area contributed by atoms with Crippen molar-refractivity contribution in [3.8, 4) is 11.5 Å². The van der Waals surface area contributed by atoms with Crippen LogP contribution in [0.2, 0.25) is 0 Å². The molecule has 0 saturated carbocycles. The highest BCUT2D eigenvalue weighted by Crippen LogP contribution is 2.15. The van der Waals surface area contributed by atoms with Gasteiger partial charge in [-0.3, -0.25) is 9.59 Å². The molecular formula is C17H17NO4. The van der Waals surface area contributed by atoms with Gasteiger partial charge in [-0.05, 0) is 48.4 Å². The normalized spacial score (nSPS) is 10.0. The Hall–Kier alpha value is -2.82. The second-order valence-corrected chi connectivity index (χ2v) is 4.71. The molecule has 1 amide bonds. The van der Waals surface area contributed by atoms with Crippen molar-refractivity contribution in [3.05, 3.63) is 59.7 Å². The van der Waals surface area contributed by atoms with Gasteiger partial charge in [0, 0.05) is 12.0 Å². The molecule has 2 N–H and O–H groups in total. The Balaban J connectivity index is 1.85. The first kappa shape index (κ1) is 15.6. The van der Waals surface area contributed by atoms with Gasteiger partial charge in [-0.25, -0.2) is 0 Å². The van der Waals surface area contributed by atoms with Crippen molar-refractivity contribution in [1.29, 1.82) is 0 Å². The maximum Gasteiger partial charge on any atom is 0.311 e. The summed E-state index contributed by atoms with van der Waals surface area (Å²) in [6.45, 7) is 0. The zero-order valence-corrected chi connectivity index (χ0v) is 12.2. The fourth-order valence-corrected chi connectivity index (χ4v) is 1.91. The Bertz CT molecular complexity index is 647. The summed E-state index contributed by atoms with van der Waals surface area (Å²) in [5, 5.41) is 0. The Kier molecular flexibility index (Phi) is 5.14. The van der Waals surface area contributed by atoms with Gasteiger partial charge in [-0.2, -0.15) is 0 Å². The summed E-state index contributed by atoms with van der Waals surface area (Å²) in [6.07, 6.45) is 0.853. The molecule has 5 nitrogen and oxygen atoms in total. The van der Waals surface area contributed by atoms with Crippen LogP contribution in [0.3, 0.4) is 0 Å². The number of carbonyl (C=O) groups is 2. The predicted octanol–water partition coefficient (Wildman–Crippen LogP) is 2.33. The molecule has 0 unspecified atom stereocenters. The molecule has 5 heteroatoms. The quantitative estimate of drug-likeness (QED) is 0.656. The molecule has 114 valence electrons. The van der Waals surface area contributed by atoms with E-state index >= 15 is 0 Å². The van der Waals surface area contributed by atoms with E-state index in [4.69, 9.17) is 15.2 Å². The maximum absolute atomic E-state index is 11.8. The van der Waals surface area contributed by atoms with E-state index in [0.717, 1.165) is 11.3 Å². The average molecular weight is 299 g/mol. The predicted molar refractivity (Wildman–Crippen MR) is 81.9 cm³/mol.